The summed E-state index contributed by atoms with van der Waals surface area (Å²) in [4.78, 5) is 0. The Morgan fingerprint density at radius 2 is 1.61 bits per heavy atom. The van der Waals surface area contributed by atoms with Gasteiger partial charge in [-0.25, -0.2) is 0 Å². The van der Waals surface area contributed by atoms with E-state index in [2.05, 4.69) is 41.2 Å². The predicted molar refractivity (Wildman–Crippen MR) is 84.8 cm³/mol. The smallest absolute Gasteiger partial charge is 0.0235 e. The molecule has 108 valence electrons. The van der Waals surface area contributed by atoms with Crippen LogP contribution in [0.3, 0.4) is 0 Å². The Balaban J connectivity index is 0.00000137. The van der Waals surface area contributed by atoms with Gasteiger partial charge in [0.15, 0.2) is 0 Å². The van der Waals surface area contributed by atoms with Crippen LogP contribution in [-0.2, 0) is 0 Å². The molecule has 0 saturated heterocycles. The van der Waals surface area contributed by atoms with Crippen molar-refractivity contribution in [2.75, 3.05) is 0 Å². The summed E-state index contributed by atoms with van der Waals surface area (Å²) in [6.07, 6.45) is 6.75. The highest BCUT2D eigenvalue weighted by atomic mass is 14.5. The molecule has 0 aromatic heterocycles. The molecule has 1 aliphatic carbocycles. The van der Waals surface area contributed by atoms with Crippen LogP contribution in [0.1, 0.15) is 80.6 Å². The van der Waals surface area contributed by atoms with Crippen LogP contribution >= 0.6 is 0 Å². The lowest BCUT2D eigenvalue weighted by molar-refractivity contribution is 0.110. The molecule has 0 aliphatic heterocycles. The van der Waals surface area contributed by atoms with Crippen LogP contribution in [-0.4, -0.2) is 0 Å². The Morgan fingerprint density at radius 3 is 1.89 bits per heavy atom. The largest absolute Gasteiger partial charge is 0.100 e. The van der Waals surface area contributed by atoms with E-state index in [9.17, 15) is 0 Å². The molecular formula is C18H36. The van der Waals surface area contributed by atoms with E-state index in [0.717, 1.165) is 17.8 Å². The van der Waals surface area contributed by atoms with Crippen molar-refractivity contribution in [2.45, 2.75) is 80.6 Å². The van der Waals surface area contributed by atoms with Crippen LogP contribution in [0.25, 0.3) is 0 Å². The van der Waals surface area contributed by atoms with E-state index in [4.69, 9.17) is 0 Å². The number of hydrogen-bond donors (Lipinski definition) is 0. The minimum absolute atomic E-state index is 0.538. The first-order valence-corrected chi connectivity index (χ1v) is 8.09. The van der Waals surface area contributed by atoms with Crippen molar-refractivity contribution < 1.29 is 0 Å². The molecule has 3 unspecified atom stereocenters. The summed E-state index contributed by atoms with van der Waals surface area (Å²) in [6.45, 7) is 20.0. The van der Waals surface area contributed by atoms with Crippen molar-refractivity contribution in [3.05, 3.63) is 12.2 Å². The second-order valence-corrected chi connectivity index (χ2v) is 6.36. The van der Waals surface area contributed by atoms with Gasteiger partial charge >= 0.3 is 0 Å². The molecule has 18 heavy (non-hydrogen) atoms. The Bertz CT molecular complexity index is 234. The normalized spacial score (nSPS) is 27.6. The fraction of sp³-hybridized carbons (Fsp3) is 0.889. The maximum Gasteiger partial charge on any atom is -0.0235 e. The zero-order valence-electron chi connectivity index (χ0n) is 14.0. The second-order valence-electron chi connectivity index (χ2n) is 6.36. The van der Waals surface area contributed by atoms with Crippen LogP contribution < -0.4 is 0 Å². The van der Waals surface area contributed by atoms with Crippen molar-refractivity contribution in [1.82, 2.24) is 0 Å². The molecule has 0 heteroatoms. The van der Waals surface area contributed by atoms with Gasteiger partial charge in [0.25, 0.3) is 0 Å². The maximum absolute atomic E-state index is 4.15. The Kier molecular flexibility index (Phi) is 7.90. The fourth-order valence-electron chi connectivity index (χ4n) is 4.17. The van der Waals surface area contributed by atoms with E-state index in [1.807, 2.05) is 13.8 Å². The SMILES string of the molecule is C=C(C)CC(CC)(CC)C1CC(C)CC1C.CC. The maximum atomic E-state index is 4.15. The molecule has 3 atom stereocenters. The average Bonchev–Trinajstić information content (AvgIpc) is 2.68. The molecule has 0 nitrogen and oxygen atoms in total. The molecule has 0 aromatic rings. The predicted octanol–water partition coefficient (Wildman–Crippen LogP) is 6.47. The van der Waals surface area contributed by atoms with Gasteiger partial charge in [0.1, 0.15) is 0 Å². The van der Waals surface area contributed by atoms with Gasteiger partial charge in [-0.2, -0.15) is 0 Å². The third kappa shape index (κ3) is 4.14. The van der Waals surface area contributed by atoms with Gasteiger partial charge < -0.3 is 0 Å². The van der Waals surface area contributed by atoms with Crippen molar-refractivity contribution >= 4 is 0 Å². The van der Waals surface area contributed by atoms with Gasteiger partial charge in [0, 0.05) is 0 Å². The highest BCUT2D eigenvalue weighted by Gasteiger charge is 2.42. The van der Waals surface area contributed by atoms with Crippen LogP contribution in [0.15, 0.2) is 12.2 Å². The quantitative estimate of drug-likeness (QED) is 0.492. The minimum atomic E-state index is 0.538. The molecule has 1 rings (SSSR count). The summed E-state index contributed by atoms with van der Waals surface area (Å²) in [6, 6.07) is 0. The van der Waals surface area contributed by atoms with Gasteiger partial charge in [-0.3, -0.25) is 0 Å². The third-order valence-corrected chi connectivity index (χ3v) is 4.97. The second kappa shape index (κ2) is 8.02. The Labute approximate surface area is 116 Å². The van der Waals surface area contributed by atoms with Crippen molar-refractivity contribution in [3.63, 3.8) is 0 Å². The molecule has 0 amide bonds. The summed E-state index contributed by atoms with van der Waals surface area (Å²) in [5.41, 5.74) is 1.91. The van der Waals surface area contributed by atoms with Gasteiger partial charge in [0.05, 0.1) is 0 Å². The van der Waals surface area contributed by atoms with E-state index in [1.54, 1.807) is 0 Å². The summed E-state index contributed by atoms with van der Waals surface area (Å²) in [7, 11) is 0. The van der Waals surface area contributed by atoms with Crippen LogP contribution in [0.5, 0.6) is 0 Å². The Morgan fingerprint density at radius 1 is 1.11 bits per heavy atom. The minimum Gasteiger partial charge on any atom is -0.100 e. The summed E-state index contributed by atoms with van der Waals surface area (Å²) in [5, 5.41) is 0. The van der Waals surface area contributed by atoms with Gasteiger partial charge in [-0.15, -0.1) is 6.58 Å². The molecule has 1 fully saturated rings. The van der Waals surface area contributed by atoms with Crippen LogP contribution in [0, 0.1) is 23.2 Å². The van der Waals surface area contributed by atoms with E-state index in [1.165, 1.54) is 37.7 Å². The van der Waals surface area contributed by atoms with Crippen molar-refractivity contribution in [2.24, 2.45) is 23.2 Å². The molecule has 0 aromatic carbocycles. The molecular weight excluding hydrogens is 216 g/mol. The van der Waals surface area contributed by atoms with Gasteiger partial charge in [-0.1, -0.05) is 47.1 Å². The van der Waals surface area contributed by atoms with Crippen LogP contribution in [0.4, 0.5) is 0 Å². The summed E-state index contributed by atoms with van der Waals surface area (Å²) in [5.74, 6) is 2.77. The molecule has 1 aliphatic rings. The standard InChI is InChI=1S/C16H30.C2H6/c1-7-16(8-2,11-12(3)4)15-10-13(5)9-14(15)6;1-2/h13-15H,3,7-11H2,1-2,4-6H3;1-2H3. The van der Waals surface area contributed by atoms with Crippen LogP contribution in [0.2, 0.25) is 0 Å². The third-order valence-electron chi connectivity index (χ3n) is 4.97. The highest BCUT2D eigenvalue weighted by Crippen LogP contribution is 2.52. The number of allylic oxidation sites excluding steroid dienone is 1. The van der Waals surface area contributed by atoms with Crippen molar-refractivity contribution in [1.29, 1.82) is 0 Å². The number of rotatable bonds is 5. The lowest BCUT2D eigenvalue weighted by atomic mass is 9.64. The monoisotopic (exact) mass is 252 g/mol. The van der Waals surface area contributed by atoms with E-state index < -0.39 is 0 Å². The molecule has 0 radical (unpaired) electrons. The topological polar surface area (TPSA) is 0 Å². The highest BCUT2D eigenvalue weighted by molar-refractivity contribution is 5.01. The molecule has 0 bridgehead atoms. The fourth-order valence-corrected chi connectivity index (χ4v) is 4.17. The Hall–Kier alpha value is -0.260. The van der Waals surface area contributed by atoms with E-state index in [0.29, 0.717) is 5.41 Å². The molecule has 1 saturated carbocycles. The number of hydrogen-bond acceptors (Lipinski definition) is 0. The van der Waals surface area contributed by atoms with Gasteiger partial charge in [-0.05, 0) is 62.2 Å². The van der Waals surface area contributed by atoms with Crippen molar-refractivity contribution in [3.8, 4) is 0 Å². The molecule has 0 N–H and O–H groups in total. The molecule has 0 heterocycles. The average molecular weight is 252 g/mol. The van der Waals surface area contributed by atoms with E-state index >= 15 is 0 Å². The zero-order valence-corrected chi connectivity index (χ0v) is 14.0. The molecule has 0 spiro atoms. The first-order valence-electron chi connectivity index (χ1n) is 8.09. The summed E-state index contributed by atoms with van der Waals surface area (Å²) >= 11 is 0. The summed E-state index contributed by atoms with van der Waals surface area (Å²) < 4.78 is 0. The first-order chi connectivity index (χ1) is 8.45. The first kappa shape index (κ1) is 17.7. The lowest BCUT2D eigenvalue weighted by Crippen LogP contribution is -2.31. The van der Waals surface area contributed by atoms with Gasteiger partial charge in [0.2, 0.25) is 0 Å². The van der Waals surface area contributed by atoms with E-state index in [-0.39, 0.29) is 0 Å². The lowest BCUT2D eigenvalue weighted by Gasteiger charge is -2.41. The zero-order chi connectivity index (χ0) is 14.3.